The number of nitrogens with two attached hydrogens (primary N) is 1. The van der Waals surface area contributed by atoms with Crippen LogP contribution in [0.4, 0.5) is 10.1 Å². The van der Waals surface area contributed by atoms with Crippen molar-refractivity contribution in [1.82, 2.24) is 5.32 Å². The summed E-state index contributed by atoms with van der Waals surface area (Å²) in [5.74, 6) is -0.705. The van der Waals surface area contributed by atoms with Crippen molar-refractivity contribution in [2.45, 2.75) is 44.6 Å². The molecule has 104 valence electrons. The van der Waals surface area contributed by atoms with Crippen molar-refractivity contribution in [3.05, 3.63) is 28.0 Å². The van der Waals surface area contributed by atoms with Crippen LogP contribution in [-0.2, 0) is 0 Å². The van der Waals surface area contributed by atoms with E-state index in [1.54, 1.807) is 0 Å². The maximum absolute atomic E-state index is 13.2. The van der Waals surface area contributed by atoms with Gasteiger partial charge in [0, 0.05) is 10.5 Å². The Kier molecular flexibility index (Phi) is 4.80. The lowest BCUT2D eigenvalue weighted by Gasteiger charge is -2.17. The first kappa shape index (κ1) is 14.3. The van der Waals surface area contributed by atoms with E-state index in [0.717, 1.165) is 25.7 Å². The summed E-state index contributed by atoms with van der Waals surface area (Å²) < 4.78 is 13.7. The quantitative estimate of drug-likeness (QED) is 0.643. The summed E-state index contributed by atoms with van der Waals surface area (Å²) >= 11 is 3.21. The van der Waals surface area contributed by atoms with E-state index in [-0.39, 0.29) is 17.6 Å². The monoisotopic (exact) mass is 328 g/mol. The first-order chi connectivity index (χ1) is 9.08. The molecule has 19 heavy (non-hydrogen) atoms. The normalized spacial score (nSPS) is 16.9. The van der Waals surface area contributed by atoms with E-state index in [0.29, 0.717) is 10.0 Å². The van der Waals surface area contributed by atoms with Crippen LogP contribution < -0.4 is 11.1 Å². The number of amides is 1. The fourth-order valence-corrected chi connectivity index (χ4v) is 2.92. The van der Waals surface area contributed by atoms with Gasteiger partial charge >= 0.3 is 0 Å². The predicted molar refractivity (Wildman–Crippen MR) is 77.5 cm³/mol. The fraction of sp³-hybridized carbons (Fsp3) is 0.500. The topological polar surface area (TPSA) is 55.1 Å². The fourth-order valence-electron chi connectivity index (χ4n) is 2.43. The van der Waals surface area contributed by atoms with Crippen molar-refractivity contribution >= 4 is 27.5 Å². The van der Waals surface area contributed by atoms with Crippen molar-refractivity contribution < 1.29 is 9.18 Å². The molecule has 0 spiro atoms. The lowest BCUT2D eigenvalue weighted by atomic mass is 10.1. The number of carbonyl (C=O) groups excluding carboxylic acids is 1. The summed E-state index contributed by atoms with van der Waals surface area (Å²) in [4.78, 5) is 12.2. The third kappa shape index (κ3) is 3.69. The van der Waals surface area contributed by atoms with E-state index in [4.69, 9.17) is 5.73 Å². The molecule has 5 heteroatoms. The Morgan fingerprint density at radius 2 is 1.89 bits per heavy atom. The van der Waals surface area contributed by atoms with Gasteiger partial charge in [0.2, 0.25) is 0 Å². The maximum Gasteiger partial charge on any atom is 0.252 e. The molecule has 1 fully saturated rings. The van der Waals surface area contributed by atoms with Gasteiger partial charge in [-0.2, -0.15) is 0 Å². The van der Waals surface area contributed by atoms with Crippen molar-refractivity contribution in [3.8, 4) is 0 Å². The number of nitrogen functional groups attached to an aromatic ring is 1. The molecule has 0 unspecified atom stereocenters. The van der Waals surface area contributed by atoms with E-state index in [9.17, 15) is 9.18 Å². The molecular weight excluding hydrogens is 311 g/mol. The minimum Gasteiger partial charge on any atom is -0.396 e. The zero-order valence-electron chi connectivity index (χ0n) is 10.7. The first-order valence-corrected chi connectivity index (χ1v) is 7.42. The van der Waals surface area contributed by atoms with Gasteiger partial charge in [-0.3, -0.25) is 4.79 Å². The number of benzene rings is 1. The maximum atomic E-state index is 13.2. The van der Waals surface area contributed by atoms with Gasteiger partial charge < -0.3 is 11.1 Å². The number of anilines is 1. The number of hydrogen-bond acceptors (Lipinski definition) is 2. The van der Waals surface area contributed by atoms with Gasteiger partial charge in [-0.15, -0.1) is 0 Å². The average Bonchev–Trinajstić information content (AvgIpc) is 2.62. The Morgan fingerprint density at radius 3 is 2.53 bits per heavy atom. The van der Waals surface area contributed by atoms with Crippen LogP contribution in [-0.4, -0.2) is 11.9 Å². The highest BCUT2D eigenvalue weighted by molar-refractivity contribution is 9.10. The van der Waals surface area contributed by atoms with Crippen LogP contribution in [0.3, 0.4) is 0 Å². The molecule has 0 aliphatic heterocycles. The zero-order valence-corrected chi connectivity index (χ0v) is 12.3. The number of halogens is 2. The van der Waals surface area contributed by atoms with Gasteiger partial charge in [-0.25, -0.2) is 4.39 Å². The summed E-state index contributed by atoms with van der Waals surface area (Å²) in [5.41, 5.74) is 5.90. The molecule has 0 aromatic heterocycles. The van der Waals surface area contributed by atoms with Crippen LogP contribution in [0.15, 0.2) is 16.6 Å². The predicted octanol–water partition coefficient (Wildman–Crippen LogP) is 3.62. The molecular formula is C14H18BrFN2O. The smallest absolute Gasteiger partial charge is 0.252 e. The van der Waals surface area contributed by atoms with Gasteiger partial charge in [-0.05, 0) is 40.9 Å². The summed E-state index contributed by atoms with van der Waals surface area (Å²) in [7, 11) is 0. The number of hydrogen-bond donors (Lipinski definition) is 2. The van der Waals surface area contributed by atoms with Crippen LogP contribution >= 0.6 is 15.9 Å². The highest BCUT2D eigenvalue weighted by Gasteiger charge is 2.18. The molecule has 3 N–H and O–H groups in total. The van der Waals surface area contributed by atoms with Crippen molar-refractivity contribution in [1.29, 1.82) is 0 Å². The van der Waals surface area contributed by atoms with E-state index < -0.39 is 5.82 Å². The molecule has 1 aromatic rings. The molecule has 1 aliphatic carbocycles. The van der Waals surface area contributed by atoms with Crippen molar-refractivity contribution in [2.24, 2.45) is 0 Å². The molecule has 1 aromatic carbocycles. The second-order valence-corrected chi connectivity index (χ2v) is 5.87. The molecule has 1 aliphatic rings. The van der Waals surface area contributed by atoms with Crippen LogP contribution in [0, 0.1) is 5.82 Å². The molecule has 3 nitrogen and oxygen atoms in total. The Labute approximate surface area is 120 Å². The number of carbonyl (C=O) groups is 1. The Hall–Kier alpha value is -1.10. The highest BCUT2D eigenvalue weighted by atomic mass is 79.9. The van der Waals surface area contributed by atoms with E-state index >= 15 is 0 Å². The Balaban J connectivity index is 2.08. The van der Waals surface area contributed by atoms with E-state index in [2.05, 4.69) is 21.2 Å². The Bertz CT molecular complexity index is 471. The molecule has 0 heterocycles. The first-order valence-electron chi connectivity index (χ1n) is 6.63. The van der Waals surface area contributed by atoms with E-state index in [1.165, 1.54) is 25.0 Å². The molecule has 0 atom stereocenters. The number of rotatable bonds is 2. The third-order valence-corrected chi connectivity index (χ3v) is 4.18. The van der Waals surface area contributed by atoms with Crippen LogP contribution in [0.2, 0.25) is 0 Å². The molecule has 0 radical (unpaired) electrons. The summed E-state index contributed by atoms with van der Waals surface area (Å²) in [6.45, 7) is 0. The largest absolute Gasteiger partial charge is 0.396 e. The van der Waals surface area contributed by atoms with Crippen molar-refractivity contribution in [3.63, 3.8) is 0 Å². The summed E-state index contributed by atoms with van der Waals surface area (Å²) in [6.07, 6.45) is 6.80. The lowest BCUT2D eigenvalue weighted by molar-refractivity contribution is 0.0932. The molecule has 0 bridgehead atoms. The van der Waals surface area contributed by atoms with Gasteiger partial charge in [0.1, 0.15) is 5.82 Å². The summed E-state index contributed by atoms with van der Waals surface area (Å²) in [6, 6.07) is 2.83. The molecule has 2 rings (SSSR count). The SMILES string of the molecule is Nc1cc(C(=O)NC2CCCCCC2)c(Br)cc1F. The minimum absolute atomic E-state index is 0.00536. The standard InChI is InChI=1S/C14H18BrFN2O/c15-11-8-12(16)13(17)7-10(11)14(19)18-9-5-3-1-2-4-6-9/h7-9H,1-6,17H2,(H,18,19). The lowest BCUT2D eigenvalue weighted by Crippen LogP contribution is -2.34. The van der Waals surface area contributed by atoms with Crippen LogP contribution in [0.5, 0.6) is 0 Å². The third-order valence-electron chi connectivity index (χ3n) is 3.52. The Morgan fingerprint density at radius 1 is 1.26 bits per heavy atom. The second-order valence-electron chi connectivity index (χ2n) is 5.02. The minimum atomic E-state index is -0.516. The van der Waals surface area contributed by atoms with Crippen LogP contribution in [0.1, 0.15) is 48.9 Å². The zero-order chi connectivity index (χ0) is 13.8. The second kappa shape index (κ2) is 6.37. The van der Waals surface area contributed by atoms with Gasteiger partial charge in [0.05, 0.1) is 11.3 Å². The summed E-state index contributed by atoms with van der Waals surface area (Å²) in [5, 5.41) is 3.02. The molecule has 0 saturated heterocycles. The molecule has 1 amide bonds. The van der Waals surface area contributed by atoms with Crippen molar-refractivity contribution in [2.75, 3.05) is 5.73 Å². The van der Waals surface area contributed by atoms with Gasteiger partial charge in [-0.1, -0.05) is 25.7 Å². The van der Waals surface area contributed by atoms with Gasteiger partial charge in [0.25, 0.3) is 5.91 Å². The van der Waals surface area contributed by atoms with E-state index in [1.807, 2.05) is 0 Å². The molecule has 1 saturated carbocycles. The van der Waals surface area contributed by atoms with Gasteiger partial charge in [0.15, 0.2) is 0 Å². The van der Waals surface area contributed by atoms with Crippen LogP contribution in [0.25, 0.3) is 0 Å². The highest BCUT2D eigenvalue weighted by Crippen LogP contribution is 2.24. The number of nitrogens with one attached hydrogen (secondary N) is 1. The average molecular weight is 329 g/mol.